The molecule has 0 saturated carbocycles. The fourth-order valence-electron chi connectivity index (χ4n) is 3.44. The predicted molar refractivity (Wildman–Crippen MR) is 138 cm³/mol. The Bertz CT molecular complexity index is 1240. The predicted octanol–water partition coefficient (Wildman–Crippen LogP) is 4.83. The Labute approximate surface area is 204 Å². The molecule has 182 valence electrons. The molecule has 0 aliphatic heterocycles. The minimum absolute atomic E-state index is 0.104. The van der Waals surface area contributed by atoms with E-state index in [9.17, 15) is 9.90 Å². The van der Waals surface area contributed by atoms with E-state index in [1.54, 1.807) is 62.8 Å². The van der Waals surface area contributed by atoms with E-state index >= 15 is 0 Å². The van der Waals surface area contributed by atoms with E-state index in [-0.39, 0.29) is 11.5 Å². The van der Waals surface area contributed by atoms with Crippen molar-refractivity contribution < 1.29 is 28.8 Å². The van der Waals surface area contributed by atoms with Gasteiger partial charge in [0.05, 0.1) is 34.1 Å². The molecule has 0 heterocycles. The number of benzene rings is 3. The van der Waals surface area contributed by atoms with E-state index in [0.717, 1.165) is 11.1 Å². The number of phenols is 1. The molecule has 4 N–H and O–H groups in total. The van der Waals surface area contributed by atoms with Crippen LogP contribution in [0.3, 0.4) is 0 Å². The lowest BCUT2D eigenvalue weighted by atomic mass is 10.1. The maximum Gasteiger partial charge on any atom is 0.248 e. The molecular formula is C27H28N2O6. The molecule has 3 aromatic rings. The summed E-state index contributed by atoms with van der Waals surface area (Å²) in [5, 5.41) is 13.1. The van der Waals surface area contributed by atoms with Gasteiger partial charge in [-0.25, -0.2) is 0 Å². The lowest BCUT2D eigenvalue weighted by molar-refractivity contribution is -0.111. The van der Waals surface area contributed by atoms with Crippen molar-refractivity contribution in [3.05, 3.63) is 71.3 Å². The molecule has 0 unspecified atom stereocenters. The maximum atomic E-state index is 12.7. The summed E-state index contributed by atoms with van der Waals surface area (Å²) in [6.07, 6.45) is 6.62. The van der Waals surface area contributed by atoms with Gasteiger partial charge >= 0.3 is 0 Å². The first-order valence-electron chi connectivity index (χ1n) is 10.6. The van der Waals surface area contributed by atoms with Gasteiger partial charge in [-0.3, -0.25) is 4.79 Å². The quantitative estimate of drug-likeness (QED) is 0.230. The van der Waals surface area contributed by atoms with Crippen LogP contribution in [0.1, 0.15) is 16.7 Å². The van der Waals surface area contributed by atoms with Crippen molar-refractivity contribution in [2.75, 3.05) is 39.5 Å². The van der Waals surface area contributed by atoms with E-state index < -0.39 is 5.91 Å². The van der Waals surface area contributed by atoms with Crippen LogP contribution < -0.4 is 30.0 Å². The minimum atomic E-state index is -0.404. The van der Waals surface area contributed by atoms with Crippen LogP contribution in [-0.4, -0.2) is 39.5 Å². The van der Waals surface area contributed by atoms with Gasteiger partial charge in [0.1, 0.15) is 0 Å². The highest BCUT2D eigenvalue weighted by Crippen LogP contribution is 2.40. The number of ether oxygens (including phenoxy) is 4. The molecule has 3 aromatic carbocycles. The van der Waals surface area contributed by atoms with Crippen molar-refractivity contribution in [2.45, 2.75) is 0 Å². The summed E-state index contributed by atoms with van der Waals surface area (Å²) in [6.45, 7) is 0. The van der Waals surface area contributed by atoms with Crippen LogP contribution in [0.4, 0.5) is 11.4 Å². The van der Waals surface area contributed by atoms with Crippen LogP contribution >= 0.6 is 0 Å². The number of carbonyl (C=O) groups excluding carboxylic acids is 1. The number of nitrogens with one attached hydrogen (secondary N) is 1. The highest BCUT2D eigenvalue weighted by atomic mass is 16.5. The largest absolute Gasteiger partial charge is 0.504 e. The number of hydrogen-bond acceptors (Lipinski definition) is 7. The third kappa shape index (κ3) is 6.05. The normalized spacial score (nSPS) is 11.0. The van der Waals surface area contributed by atoms with Crippen LogP contribution in [0.25, 0.3) is 18.2 Å². The van der Waals surface area contributed by atoms with Crippen LogP contribution in [0, 0.1) is 0 Å². The second-order valence-electron chi connectivity index (χ2n) is 7.37. The molecular weight excluding hydrogens is 448 g/mol. The molecule has 0 saturated heterocycles. The molecule has 0 bridgehead atoms. The SMILES string of the molecule is COc1cc(/C=C/c2ccc(O)c(OC)c2NC(=O)/C=C/c2cccc(N)c2)cc(OC)c1OC. The molecule has 0 aromatic heterocycles. The molecule has 0 aliphatic carbocycles. The number of nitrogen functional groups attached to an aromatic ring is 1. The van der Waals surface area contributed by atoms with E-state index in [1.807, 2.05) is 12.1 Å². The monoisotopic (exact) mass is 476 g/mol. The van der Waals surface area contributed by atoms with Gasteiger partial charge in [0, 0.05) is 17.3 Å². The van der Waals surface area contributed by atoms with Crippen molar-refractivity contribution in [3.8, 4) is 28.7 Å². The summed E-state index contributed by atoms with van der Waals surface area (Å²) >= 11 is 0. The standard InChI is InChI=1S/C27H28N2O6/c1-32-22-15-18(16-23(33-2)27(22)35-4)8-10-19-11-12-21(30)26(34-3)25(19)29-24(31)13-9-17-6-5-7-20(28)14-17/h5-16,30H,28H2,1-4H3,(H,29,31)/b10-8+,13-9+. The van der Waals surface area contributed by atoms with Crippen LogP contribution in [0.5, 0.6) is 28.7 Å². The van der Waals surface area contributed by atoms with Gasteiger partial charge in [-0.05, 0) is 53.6 Å². The van der Waals surface area contributed by atoms with Gasteiger partial charge in [-0.15, -0.1) is 0 Å². The molecule has 0 atom stereocenters. The molecule has 0 aliphatic rings. The highest BCUT2D eigenvalue weighted by molar-refractivity contribution is 6.04. The molecule has 0 radical (unpaired) electrons. The number of carbonyl (C=O) groups is 1. The van der Waals surface area contributed by atoms with Crippen molar-refractivity contribution in [2.24, 2.45) is 0 Å². The van der Waals surface area contributed by atoms with E-state index in [4.69, 9.17) is 24.7 Å². The average molecular weight is 477 g/mol. The zero-order chi connectivity index (χ0) is 25.4. The van der Waals surface area contributed by atoms with E-state index in [2.05, 4.69) is 5.32 Å². The smallest absolute Gasteiger partial charge is 0.248 e. The number of phenolic OH excluding ortho intramolecular Hbond substituents is 1. The number of amides is 1. The van der Waals surface area contributed by atoms with Gasteiger partial charge < -0.3 is 35.1 Å². The maximum absolute atomic E-state index is 12.7. The number of aromatic hydroxyl groups is 1. The first kappa shape index (κ1) is 25.0. The fourth-order valence-corrected chi connectivity index (χ4v) is 3.44. The van der Waals surface area contributed by atoms with Crippen LogP contribution in [-0.2, 0) is 4.79 Å². The minimum Gasteiger partial charge on any atom is -0.504 e. The number of anilines is 2. The van der Waals surface area contributed by atoms with Gasteiger partial charge in [0.2, 0.25) is 11.7 Å². The first-order valence-corrected chi connectivity index (χ1v) is 10.6. The fraction of sp³-hybridized carbons (Fsp3) is 0.148. The Balaban J connectivity index is 1.94. The second kappa shape index (κ2) is 11.5. The van der Waals surface area contributed by atoms with Crippen molar-refractivity contribution in [1.29, 1.82) is 0 Å². The molecule has 35 heavy (non-hydrogen) atoms. The lowest BCUT2D eigenvalue weighted by Crippen LogP contribution is -2.10. The summed E-state index contributed by atoms with van der Waals surface area (Å²) in [5.74, 6) is 1.14. The Morgan fingerprint density at radius 2 is 1.51 bits per heavy atom. The number of hydrogen-bond donors (Lipinski definition) is 3. The zero-order valence-electron chi connectivity index (χ0n) is 20.0. The average Bonchev–Trinajstić information content (AvgIpc) is 2.86. The molecule has 1 amide bonds. The molecule has 0 fully saturated rings. The van der Waals surface area contributed by atoms with Crippen LogP contribution in [0.2, 0.25) is 0 Å². The molecule has 0 spiro atoms. The Morgan fingerprint density at radius 1 is 0.829 bits per heavy atom. The third-order valence-electron chi connectivity index (χ3n) is 5.10. The summed E-state index contributed by atoms with van der Waals surface area (Å²) in [4.78, 5) is 12.7. The van der Waals surface area contributed by atoms with Crippen LogP contribution in [0.15, 0.2) is 54.6 Å². The van der Waals surface area contributed by atoms with Gasteiger partial charge in [-0.1, -0.05) is 24.3 Å². The molecule has 8 heteroatoms. The summed E-state index contributed by atoms with van der Waals surface area (Å²) < 4.78 is 21.5. The molecule has 8 nitrogen and oxygen atoms in total. The summed E-state index contributed by atoms with van der Waals surface area (Å²) in [7, 11) is 6.04. The zero-order valence-corrected chi connectivity index (χ0v) is 20.0. The van der Waals surface area contributed by atoms with E-state index in [1.165, 1.54) is 26.4 Å². The topological polar surface area (TPSA) is 112 Å². The Morgan fingerprint density at radius 3 is 2.11 bits per heavy atom. The van der Waals surface area contributed by atoms with Gasteiger partial charge in [-0.2, -0.15) is 0 Å². The number of methoxy groups -OCH3 is 4. The second-order valence-corrected chi connectivity index (χ2v) is 7.37. The Hall–Kier alpha value is -4.59. The van der Waals surface area contributed by atoms with Crippen molar-refractivity contribution in [1.82, 2.24) is 0 Å². The van der Waals surface area contributed by atoms with Gasteiger partial charge in [0.15, 0.2) is 23.0 Å². The summed E-state index contributed by atoms with van der Waals surface area (Å²) in [6, 6.07) is 13.9. The third-order valence-corrected chi connectivity index (χ3v) is 5.10. The van der Waals surface area contributed by atoms with Gasteiger partial charge in [0.25, 0.3) is 0 Å². The first-order chi connectivity index (χ1) is 16.9. The lowest BCUT2D eigenvalue weighted by Gasteiger charge is -2.14. The highest BCUT2D eigenvalue weighted by Gasteiger charge is 2.15. The molecule has 3 rings (SSSR count). The summed E-state index contributed by atoms with van der Waals surface area (Å²) in [5.41, 5.74) is 8.87. The number of nitrogens with two attached hydrogens (primary N) is 1. The number of rotatable bonds is 9. The van der Waals surface area contributed by atoms with Crippen molar-refractivity contribution >= 4 is 35.5 Å². The van der Waals surface area contributed by atoms with Crippen molar-refractivity contribution in [3.63, 3.8) is 0 Å². The van der Waals surface area contributed by atoms with E-state index in [0.29, 0.717) is 34.2 Å². The Kier molecular flexibility index (Phi) is 8.24.